The fourth-order valence-corrected chi connectivity index (χ4v) is 3.77. The zero-order chi connectivity index (χ0) is 10.7. The number of rotatable bonds is 2. The van der Waals surface area contributed by atoms with Gasteiger partial charge in [0.1, 0.15) is 0 Å². The summed E-state index contributed by atoms with van der Waals surface area (Å²) in [5.41, 5.74) is -0.228. The van der Waals surface area contributed by atoms with Gasteiger partial charge in [-0.1, -0.05) is 30.3 Å². The summed E-state index contributed by atoms with van der Waals surface area (Å²) in [6.45, 7) is 2.29. The Morgan fingerprint density at radius 1 is 1.13 bits per heavy atom. The smallest absolute Gasteiger partial charge is 0.385 e. The van der Waals surface area contributed by atoms with Crippen LogP contribution in [-0.4, -0.2) is 43.5 Å². The average molecular weight is 224 g/mol. The predicted octanol–water partition coefficient (Wildman–Crippen LogP) is -1.58. The fraction of sp³-hybridized carbons (Fsp3) is 0.400. The Kier molecular flexibility index (Phi) is 3.18. The molecule has 1 fully saturated rings. The topological polar surface area (TPSA) is 64.5 Å². The normalized spacial score (nSPS) is 22.7. The molecule has 0 aromatic heterocycles. The molecule has 1 heterocycles. The van der Waals surface area contributed by atoms with E-state index in [1.54, 1.807) is 12.1 Å². The van der Waals surface area contributed by atoms with E-state index in [0.717, 1.165) is 13.1 Å². The van der Waals surface area contributed by atoms with Crippen LogP contribution in [0.3, 0.4) is 0 Å². The van der Waals surface area contributed by atoms with Crippen molar-refractivity contribution in [2.75, 3.05) is 19.6 Å². The summed E-state index contributed by atoms with van der Waals surface area (Å²) < 4.78 is 0. The number of benzene rings is 1. The van der Waals surface area contributed by atoms with Gasteiger partial charge in [-0.05, 0) is 5.19 Å². The number of hydrogen-bond acceptors (Lipinski definition) is 4. The van der Waals surface area contributed by atoms with Crippen molar-refractivity contribution < 1.29 is 9.59 Å². The maximum atomic E-state index is 10.2. The summed E-state index contributed by atoms with van der Waals surface area (Å²) in [5.74, 6) is 0. The lowest BCUT2D eigenvalue weighted by molar-refractivity contribution is 0.327. The summed E-state index contributed by atoms with van der Waals surface area (Å²) in [4.78, 5) is 20.4. The molecular weight excluding hydrogens is 208 g/mol. The molecule has 82 valence electrons. The summed E-state index contributed by atoms with van der Waals surface area (Å²) in [5, 5.41) is 6.98. The molecule has 1 unspecified atom stereocenters. The zero-order valence-electron chi connectivity index (χ0n) is 8.48. The zero-order valence-corrected chi connectivity index (χ0v) is 9.48. The van der Waals surface area contributed by atoms with E-state index in [2.05, 4.69) is 10.6 Å². The van der Waals surface area contributed by atoms with Gasteiger partial charge in [-0.15, -0.1) is 0 Å². The standard InChI is InChI=1S/C10H16N2O2Si/c13-15(14,9-4-2-1-3-5-9)10-8-11-6-7-12-10/h1-5,10-14H,6-8H2. The summed E-state index contributed by atoms with van der Waals surface area (Å²) in [7, 11) is -3.35. The van der Waals surface area contributed by atoms with Crippen LogP contribution in [0.25, 0.3) is 0 Å². The van der Waals surface area contributed by atoms with Crippen molar-refractivity contribution in [3.05, 3.63) is 30.3 Å². The molecule has 1 aromatic carbocycles. The minimum atomic E-state index is -3.35. The van der Waals surface area contributed by atoms with Crippen LogP contribution >= 0.6 is 0 Å². The molecule has 1 atom stereocenters. The van der Waals surface area contributed by atoms with E-state index in [1.165, 1.54) is 0 Å². The highest BCUT2D eigenvalue weighted by Crippen LogP contribution is 2.03. The van der Waals surface area contributed by atoms with Crippen LogP contribution in [0.5, 0.6) is 0 Å². The highest BCUT2D eigenvalue weighted by molar-refractivity contribution is 6.80. The molecule has 1 aliphatic heterocycles. The molecule has 15 heavy (non-hydrogen) atoms. The highest BCUT2D eigenvalue weighted by atomic mass is 28.4. The molecule has 0 bridgehead atoms. The molecule has 0 radical (unpaired) electrons. The molecule has 0 amide bonds. The first-order valence-electron chi connectivity index (χ1n) is 5.15. The van der Waals surface area contributed by atoms with E-state index in [-0.39, 0.29) is 5.67 Å². The Bertz CT molecular complexity index is 312. The minimum Gasteiger partial charge on any atom is -0.406 e. The quantitative estimate of drug-likeness (QED) is 0.458. The van der Waals surface area contributed by atoms with Gasteiger partial charge in [0.05, 0.1) is 5.67 Å². The van der Waals surface area contributed by atoms with Crippen LogP contribution in [-0.2, 0) is 0 Å². The lowest BCUT2D eigenvalue weighted by Crippen LogP contribution is -2.69. The molecule has 1 saturated heterocycles. The maximum absolute atomic E-state index is 10.2. The van der Waals surface area contributed by atoms with Gasteiger partial charge >= 0.3 is 8.56 Å². The van der Waals surface area contributed by atoms with Crippen molar-refractivity contribution in [3.8, 4) is 0 Å². The van der Waals surface area contributed by atoms with Gasteiger partial charge < -0.3 is 20.2 Å². The lowest BCUT2D eigenvalue weighted by atomic mass is 10.4. The van der Waals surface area contributed by atoms with Gasteiger partial charge in [-0.3, -0.25) is 0 Å². The Morgan fingerprint density at radius 2 is 1.87 bits per heavy atom. The lowest BCUT2D eigenvalue weighted by Gasteiger charge is -2.32. The van der Waals surface area contributed by atoms with E-state index < -0.39 is 8.56 Å². The van der Waals surface area contributed by atoms with Gasteiger partial charge in [-0.2, -0.15) is 0 Å². The SMILES string of the molecule is O[Si](O)(c1ccccc1)C1CNCCN1. The Morgan fingerprint density at radius 3 is 2.47 bits per heavy atom. The van der Waals surface area contributed by atoms with Crippen LogP contribution in [0.15, 0.2) is 30.3 Å². The van der Waals surface area contributed by atoms with Crippen molar-refractivity contribution >= 4 is 13.7 Å². The van der Waals surface area contributed by atoms with Crippen molar-refractivity contribution in [3.63, 3.8) is 0 Å². The number of piperazine rings is 1. The Labute approximate surface area is 90.2 Å². The summed E-state index contributed by atoms with van der Waals surface area (Å²) in [6, 6.07) is 9.10. The van der Waals surface area contributed by atoms with Gasteiger partial charge in [0, 0.05) is 19.6 Å². The largest absolute Gasteiger partial charge is 0.406 e. The Hall–Kier alpha value is -0.723. The molecule has 1 aliphatic rings. The summed E-state index contributed by atoms with van der Waals surface area (Å²) in [6.07, 6.45) is 0. The first-order valence-corrected chi connectivity index (χ1v) is 7.13. The van der Waals surface area contributed by atoms with Gasteiger partial charge in [0.15, 0.2) is 0 Å². The average Bonchev–Trinajstić information content (AvgIpc) is 2.31. The number of nitrogens with one attached hydrogen (secondary N) is 2. The molecule has 4 nitrogen and oxygen atoms in total. The second-order valence-corrected chi connectivity index (χ2v) is 6.53. The molecule has 0 spiro atoms. The molecule has 1 aromatic rings. The van der Waals surface area contributed by atoms with E-state index in [4.69, 9.17) is 0 Å². The molecule has 5 heteroatoms. The monoisotopic (exact) mass is 224 g/mol. The Balaban J connectivity index is 2.18. The molecular formula is C10H16N2O2Si. The highest BCUT2D eigenvalue weighted by Gasteiger charge is 2.42. The third-order valence-corrected chi connectivity index (χ3v) is 5.29. The first kappa shape index (κ1) is 10.8. The van der Waals surface area contributed by atoms with Crippen LogP contribution in [0.1, 0.15) is 0 Å². The predicted molar refractivity (Wildman–Crippen MR) is 60.9 cm³/mol. The third kappa shape index (κ3) is 2.27. The van der Waals surface area contributed by atoms with Crippen molar-refractivity contribution in [2.24, 2.45) is 0 Å². The van der Waals surface area contributed by atoms with Crippen LogP contribution in [0.2, 0.25) is 0 Å². The second-order valence-electron chi connectivity index (χ2n) is 3.80. The van der Waals surface area contributed by atoms with Gasteiger partial charge in [-0.25, -0.2) is 0 Å². The molecule has 0 saturated carbocycles. The molecule has 2 rings (SSSR count). The molecule has 0 aliphatic carbocycles. The van der Waals surface area contributed by atoms with Crippen molar-refractivity contribution in [1.82, 2.24) is 10.6 Å². The maximum Gasteiger partial charge on any atom is 0.385 e. The van der Waals surface area contributed by atoms with Crippen LogP contribution < -0.4 is 15.8 Å². The van der Waals surface area contributed by atoms with Crippen molar-refractivity contribution in [1.29, 1.82) is 0 Å². The van der Waals surface area contributed by atoms with Crippen molar-refractivity contribution in [2.45, 2.75) is 5.67 Å². The minimum absolute atomic E-state index is 0.228. The third-order valence-electron chi connectivity index (χ3n) is 2.73. The number of hydrogen-bond donors (Lipinski definition) is 4. The van der Waals surface area contributed by atoms with E-state index in [9.17, 15) is 9.59 Å². The van der Waals surface area contributed by atoms with Crippen LogP contribution in [0, 0.1) is 0 Å². The van der Waals surface area contributed by atoms with Gasteiger partial charge in [0.25, 0.3) is 0 Å². The molecule has 4 N–H and O–H groups in total. The van der Waals surface area contributed by atoms with E-state index >= 15 is 0 Å². The van der Waals surface area contributed by atoms with Crippen LogP contribution in [0.4, 0.5) is 0 Å². The fourth-order valence-electron chi connectivity index (χ4n) is 1.82. The summed E-state index contributed by atoms with van der Waals surface area (Å²) >= 11 is 0. The first-order chi connectivity index (χ1) is 7.21. The van der Waals surface area contributed by atoms with Gasteiger partial charge in [0.2, 0.25) is 0 Å². The van der Waals surface area contributed by atoms with E-state index in [1.807, 2.05) is 18.2 Å². The van der Waals surface area contributed by atoms with E-state index in [0.29, 0.717) is 11.7 Å². The second kappa shape index (κ2) is 4.42.